The Morgan fingerprint density at radius 3 is 2.14 bits per heavy atom. The Morgan fingerprint density at radius 2 is 1.58 bits per heavy atom. The molecule has 1 heterocycles. The number of carbonyl (C=O) groups is 1. The summed E-state index contributed by atoms with van der Waals surface area (Å²) in [7, 11) is -6.09. The number of aryl methyl sites for hydroxylation is 1. The van der Waals surface area contributed by atoms with Crippen LogP contribution in [0.3, 0.4) is 0 Å². The Bertz CT molecular complexity index is 1160. The molecule has 3 rings (SSSR count). The van der Waals surface area contributed by atoms with Gasteiger partial charge in [-0.15, -0.1) is 0 Å². The second-order valence-corrected chi connectivity index (χ2v) is 17.8. The van der Waals surface area contributed by atoms with Crippen molar-refractivity contribution >= 4 is 24.3 Å². The summed E-state index contributed by atoms with van der Waals surface area (Å²) in [6, 6.07) is 13.4. The van der Waals surface area contributed by atoms with Gasteiger partial charge in [-0.3, -0.25) is 4.79 Å². The zero-order valence-corrected chi connectivity index (χ0v) is 24.5. The monoisotopic (exact) mass is 531 g/mol. The van der Waals surface area contributed by atoms with Gasteiger partial charge >= 0.3 is 5.97 Å². The van der Waals surface area contributed by atoms with Gasteiger partial charge in [0.2, 0.25) is 10.0 Å². The lowest BCUT2D eigenvalue weighted by molar-refractivity contribution is -0.144. The second kappa shape index (κ2) is 11.2. The maximum absolute atomic E-state index is 14.1. The van der Waals surface area contributed by atoms with Gasteiger partial charge in [0, 0.05) is 0 Å². The van der Waals surface area contributed by atoms with Crippen LogP contribution in [-0.2, 0) is 24.0 Å². The molecule has 0 saturated heterocycles. The minimum absolute atomic E-state index is 0.0196. The number of benzene rings is 2. The van der Waals surface area contributed by atoms with Crippen molar-refractivity contribution in [3.63, 3.8) is 0 Å². The van der Waals surface area contributed by atoms with Gasteiger partial charge in [-0.1, -0.05) is 76.1 Å². The Labute approximate surface area is 218 Å². The molecule has 0 aliphatic carbocycles. The molecule has 198 valence electrons. The molecule has 0 unspecified atom stereocenters. The summed E-state index contributed by atoms with van der Waals surface area (Å²) < 4.78 is 41.8. The molecule has 6 nitrogen and oxygen atoms in total. The Morgan fingerprint density at radius 1 is 1.00 bits per heavy atom. The number of ether oxygens (including phenoxy) is 1. The van der Waals surface area contributed by atoms with Gasteiger partial charge in [-0.05, 0) is 54.7 Å². The lowest BCUT2D eigenvalue weighted by atomic mass is 10.0. The minimum atomic E-state index is -3.93. The summed E-state index contributed by atoms with van der Waals surface area (Å²) in [5.41, 5.74) is 2.70. The number of fused-ring (bicyclic) bond motifs is 1. The average Bonchev–Trinajstić information content (AvgIpc) is 3.11. The van der Waals surface area contributed by atoms with Gasteiger partial charge in [-0.2, -0.15) is 4.31 Å². The summed E-state index contributed by atoms with van der Waals surface area (Å²) in [5, 5.41) is -0.0196. The normalized spacial score (nSPS) is 18.8. The van der Waals surface area contributed by atoms with E-state index in [0.29, 0.717) is 6.61 Å². The summed E-state index contributed by atoms with van der Waals surface area (Å²) in [6.45, 7) is 15.3. The third kappa shape index (κ3) is 6.10. The number of hydrogen-bond donors (Lipinski definition) is 0. The molecule has 0 spiro atoms. The van der Waals surface area contributed by atoms with Gasteiger partial charge in [0.1, 0.15) is 0 Å². The third-order valence-electron chi connectivity index (χ3n) is 7.45. The lowest BCUT2D eigenvalue weighted by Gasteiger charge is -2.38. The summed E-state index contributed by atoms with van der Waals surface area (Å²) in [4.78, 5) is 13.0. The molecule has 0 N–H and O–H groups in total. The van der Waals surface area contributed by atoms with Gasteiger partial charge < -0.3 is 9.16 Å². The highest BCUT2D eigenvalue weighted by Crippen LogP contribution is 2.48. The van der Waals surface area contributed by atoms with Crippen molar-refractivity contribution in [2.24, 2.45) is 0 Å². The largest absolute Gasteiger partial charge is 0.466 e. The molecule has 8 heteroatoms. The summed E-state index contributed by atoms with van der Waals surface area (Å²) >= 11 is 0. The van der Waals surface area contributed by atoms with Crippen molar-refractivity contribution in [3.8, 4) is 0 Å². The van der Waals surface area contributed by atoms with E-state index < -0.39 is 36.4 Å². The number of sulfonamides is 1. The van der Waals surface area contributed by atoms with E-state index in [0.717, 1.165) is 29.5 Å². The quantitative estimate of drug-likeness (QED) is 0.198. The Kier molecular flexibility index (Phi) is 8.86. The third-order valence-corrected chi connectivity index (χ3v) is 13.9. The molecule has 36 heavy (non-hydrogen) atoms. The number of hydrogen-bond acceptors (Lipinski definition) is 5. The predicted octanol–water partition coefficient (Wildman–Crippen LogP) is 6.54. The summed E-state index contributed by atoms with van der Waals surface area (Å²) in [6.07, 6.45) is 1.66. The summed E-state index contributed by atoms with van der Waals surface area (Å²) in [5.74, 6) is -0.390. The van der Waals surface area contributed by atoms with Crippen LogP contribution < -0.4 is 0 Å². The van der Waals surface area contributed by atoms with E-state index in [2.05, 4.69) is 33.9 Å². The second-order valence-electron chi connectivity index (χ2n) is 11.2. The first-order valence-corrected chi connectivity index (χ1v) is 17.1. The molecule has 0 aromatic heterocycles. The van der Waals surface area contributed by atoms with Crippen LogP contribution in [0.4, 0.5) is 0 Å². The van der Waals surface area contributed by atoms with Crippen molar-refractivity contribution in [3.05, 3.63) is 65.2 Å². The van der Waals surface area contributed by atoms with Gasteiger partial charge in [0.15, 0.2) is 8.32 Å². The first-order valence-electron chi connectivity index (χ1n) is 12.8. The fraction of sp³-hybridized carbons (Fsp3) is 0.536. The van der Waals surface area contributed by atoms with Crippen molar-refractivity contribution in [1.29, 1.82) is 0 Å². The molecule has 2 atom stereocenters. The lowest BCUT2D eigenvalue weighted by Crippen LogP contribution is -2.44. The van der Waals surface area contributed by atoms with Crippen molar-refractivity contribution < 1.29 is 22.4 Å². The standard InChI is InChI=1S/C28H41NO5SSi/c1-8-9-18-33-27(30)19-25-23-12-10-11-13-24(23)26(20-34-36(6,7)28(3,4)5)29(25)35(31,32)22-16-14-21(2)15-17-22/h10-17,25-26H,8-9,18-20H2,1-7H3/t25-,26+/m0/s1. The molecular weight excluding hydrogens is 490 g/mol. The van der Waals surface area contributed by atoms with E-state index in [4.69, 9.17) is 9.16 Å². The molecule has 2 aromatic rings. The maximum Gasteiger partial charge on any atom is 0.307 e. The van der Waals surface area contributed by atoms with Crippen molar-refractivity contribution in [1.82, 2.24) is 4.31 Å². The molecule has 0 radical (unpaired) electrons. The van der Waals surface area contributed by atoms with E-state index in [9.17, 15) is 13.2 Å². The predicted molar refractivity (Wildman–Crippen MR) is 146 cm³/mol. The van der Waals surface area contributed by atoms with Gasteiger partial charge in [0.05, 0.1) is 36.6 Å². The number of rotatable bonds is 10. The van der Waals surface area contributed by atoms with E-state index >= 15 is 0 Å². The topological polar surface area (TPSA) is 72.9 Å². The fourth-order valence-electron chi connectivity index (χ4n) is 4.19. The zero-order valence-electron chi connectivity index (χ0n) is 22.7. The highest BCUT2D eigenvalue weighted by molar-refractivity contribution is 7.89. The maximum atomic E-state index is 14.1. The number of esters is 1. The SMILES string of the molecule is CCCCOC(=O)C[C@H]1c2ccccc2[C@@H](CO[Si](C)(C)C(C)(C)C)N1S(=O)(=O)c1ccc(C)cc1. The Balaban J connectivity index is 2.05. The fourth-order valence-corrected chi connectivity index (χ4v) is 6.95. The molecule has 1 aliphatic rings. The molecule has 1 aliphatic heterocycles. The Hall–Kier alpha value is -2.00. The number of carbonyl (C=O) groups excluding carboxylic acids is 1. The van der Waals surface area contributed by atoms with Crippen LogP contribution in [0.25, 0.3) is 0 Å². The number of nitrogens with zero attached hydrogens (tertiary/aromatic N) is 1. The average molecular weight is 532 g/mol. The van der Waals surface area contributed by atoms with Crippen LogP contribution in [0.1, 0.15) is 75.7 Å². The van der Waals surface area contributed by atoms with Crippen molar-refractivity contribution in [2.75, 3.05) is 13.2 Å². The van der Waals surface area contributed by atoms with Crippen LogP contribution in [0.2, 0.25) is 18.1 Å². The van der Waals surface area contributed by atoms with E-state index in [1.54, 1.807) is 24.3 Å². The van der Waals surface area contributed by atoms with Crippen LogP contribution in [-0.4, -0.2) is 40.2 Å². The zero-order chi connectivity index (χ0) is 26.7. The van der Waals surface area contributed by atoms with E-state index in [1.165, 1.54) is 4.31 Å². The first kappa shape index (κ1) is 28.6. The number of unbranched alkanes of at least 4 members (excludes halogenated alkanes) is 1. The van der Waals surface area contributed by atoms with Crippen LogP contribution in [0.15, 0.2) is 53.4 Å². The van der Waals surface area contributed by atoms with Crippen LogP contribution >= 0.6 is 0 Å². The van der Waals surface area contributed by atoms with Crippen LogP contribution in [0.5, 0.6) is 0 Å². The van der Waals surface area contributed by atoms with E-state index in [-0.39, 0.29) is 23.0 Å². The molecule has 0 amide bonds. The van der Waals surface area contributed by atoms with E-state index in [1.807, 2.05) is 38.1 Å². The smallest absolute Gasteiger partial charge is 0.307 e. The van der Waals surface area contributed by atoms with Gasteiger partial charge in [-0.25, -0.2) is 8.42 Å². The highest BCUT2D eigenvalue weighted by atomic mass is 32.2. The van der Waals surface area contributed by atoms with Crippen molar-refractivity contribution in [2.45, 2.75) is 89.0 Å². The molecule has 0 bridgehead atoms. The first-order chi connectivity index (χ1) is 16.8. The molecular formula is C28H41NO5SSi. The molecule has 2 aromatic carbocycles. The van der Waals surface area contributed by atoms with Gasteiger partial charge in [0.25, 0.3) is 0 Å². The minimum Gasteiger partial charge on any atom is -0.466 e. The van der Waals surface area contributed by atoms with Crippen LogP contribution in [0, 0.1) is 6.92 Å². The highest BCUT2D eigenvalue weighted by Gasteiger charge is 2.48. The molecule has 0 fully saturated rings. The molecule has 0 saturated carbocycles.